The van der Waals surface area contributed by atoms with Gasteiger partial charge in [0, 0.05) is 13.1 Å². The second-order valence-electron chi connectivity index (χ2n) is 5.76. The second kappa shape index (κ2) is 5.18. The molecule has 0 aromatic heterocycles. The minimum atomic E-state index is 1.05. The van der Waals surface area contributed by atoms with Crippen LogP contribution in [0.5, 0.6) is 0 Å². The van der Waals surface area contributed by atoms with Crippen LogP contribution in [0.2, 0.25) is 0 Å². The van der Waals surface area contributed by atoms with Crippen molar-refractivity contribution >= 4 is 0 Å². The molecule has 19 heavy (non-hydrogen) atoms. The smallest absolute Gasteiger partial charge is 0.0233 e. The van der Waals surface area contributed by atoms with E-state index in [-0.39, 0.29) is 0 Å². The van der Waals surface area contributed by atoms with Crippen LogP contribution in [0.4, 0.5) is 0 Å². The first-order valence-corrected chi connectivity index (χ1v) is 7.05. The Morgan fingerprint density at radius 3 is 2.68 bits per heavy atom. The summed E-state index contributed by atoms with van der Waals surface area (Å²) in [5, 5.41) is 0. The third-order valence-electron chi connectivity index (χ3n) is 3.96. The molecule has 1 aliphatic heterocycles. The summed E-state index contributed by atoms with van der Waals surface area (Å²) in [6, 6.07) is 15.8. The number of fused-ring (bicyclic) bond motifs is 1. The predicted octanol–water partition coefficient (Wildman–Crippen LogP) is 3.57. The van der Waals surface area contributed by atoms with E-state index >= 15 is 0 Å². The fourth-order valence-corrected chi connectivity index (χ4v) is 2.92. The maximum Gasteiger partial charge on any atom is 0.0233 e. The molecule has 0 spiro atoms. The Morgan fingerprint density at radius 1 is 1.00 bits per heavy atom. The Kier molecular flexibility index (Phi) is 3.39. The van der Waals surface area contributed by atoms with Gasteiger partial charge in [0.25, 0.3) is 0 Å². The highest BCUT2D eigenvalue weighted by Gasteiger charge is 2.13. The molecule has 0 aliphatic carbocycles. The van der Waals surface area contributed by atoms with Crippen molar-refractivity contribution in [1.29, 1.82) is 0 Å². The van der Waals surface area contributed by atoms with Crippen LogP contribution in [0, 0.1) is 6.92 Å². The van der Waals surface area contributed by atoms with Gasteiger partial charge in [0.05, 0.1) is 0 Å². The van der Waals surface area contributed by atoms with Gasteiger partial charge in [-0.25, -0.2) is 0 Å². The molecule has 1 heteroatoms. The highest BCUT2D eigenvalue weighted by atomic mass is 15.1. The zero-order valence-electron chi connectivity index (χ0n) is 11.8. The van der Waals surface area contributed by atoms with E-state index in [0.717, 1.165) is 13.0 Å². The van der Waals surface area contributed by atoms with Crippen LogP contribution in [0.3, 0.4) is 0 Å². The molecular weight excluding hydrogens is 230 g/mol. The van der Waals surface area contributed by atoms with Gasteiger partial charge >= 0.3 is 0 Å². The number of aryl methyl sites for hydroxylation is 1. The molecule has 0 saturated heterocycles. The number of hydrogen-bond acceptors (Lipinski definition) is 1. The molecule has 98 valence electrons. The lowest BCUT2D eigenvalue weighted by Gasteiger charge is -2.25. The molecule has 0 amide bonds. The zero-order chi connectivity index (χ0) is 13.2. The molecule has 1 nitrogen and oxygen atoms in total. The SMILES string of the molecule is Cc1cccc(Cc2ccc3c(c2)CCN(C)C3)c1. The standard InChI is InChI=1S/C18H21N/c1-14-4-3-5-15(10-14)11-16-6-7-18-13-19(2)9-8-17(18)12-16/h3-7,10,12H,8-9,11,13H2,1-2H3. The molecule has 1 heterocycles. The van der Waals surface area contributed by atoms with E-state index in [0.29, 0.717) is 0 Å². The van der Waals surface area contributed by atoms with Crippen molar-refractivity contribution in [3.63, 3.8) is 0 Å². The monoisotopic (exact) mass is 251 g/mol. The van der Waals surface area contributed by atoms with Gasteiger partial charge in [0.15, 0.2) is 0 Å². The highest BCUT2D eigenvalue weighted by Crippen LogP contribution is 2.21. The number of nitrogens with zero attached hydrogens (tertiary/aromatic N) is 1. The first-order valence-electron chi connectivity index (χ1n) is 7.05. The van der Waals surface area contributed by atoms with Gasteiger partial charge in [0.1, 0.15) is 0 Å². The van der Waals surface area contributed by atoms with Crippen molar-refractivity contribution in [2.75, 3.05) is 13.6 Å². The maximum absolute atomic E-state index is 2.41. The summed E-state index contributed by atoms with van der Waals surface area (Å²) in [7, 11) is 2.20. The molecular formula is C18H21N. The lowest BCUT2D eigenvalue weighted by atomic mass is 9.95. The van der Waals surface area contributed by atoms with Gasteiger partial charge in [-0.3, -0.25) is 0 Å². The summed E-state index contributed by atoms with van der Waals surface area (Å²) in [5.41, 5.74) is 7.24. The first kappa shape index (κ1) is 12.4. The fraction of sp³-hybridized carbons (Fsp3) is 0.333. The minimum Gasteiger partial charge on any atom is -0.302 e. The molecule has 0 atom stereocenters. The van der Waals surface area contributed by atoms with Gasteiger partial charge in [-0.05, 0) is 49.1 Å². The highest BCUT2D eigenvalue weighted by molar-refractivity contribution is 5.37. The zero-order valence-corrected chi connectivity index (χ0v) is 11.8. The van der Waals surface area contributed by atoms with E-state index in [1.54, 1.807) is 5.56 Å². The Morgan fingerprint density at radius 2 is 1.84 bits per heavy atom. The quantitative estimate of drug-likeness (QED) is 0.788. The summed E-state index contributed by atoms with van der Waals surface area (Å²) in [5.74, 6) is 0. The van der Waals surface area contributed by atoms with Crippen LogP contribution in [0.25, 0.3) is 0 Å². The van der Waals surface area contributed by atoms with Crippen LogP contribution < -0.4 is 0 Å². The minimum absolute atomic E-state index is 1.05. The van der Waals surface area contributed by atoms with Crippen molar-refractivity contribution in [3.8, 4) is 0 Å². The van der Waals surface area contributed by atoms with Crippen LogP contribution in [0.1, 0.15) is 27.8 Å². The number of benzene rings is 2. The molecule has 0 N–H and O–H groups in total. The molecule has 0 saturated carbocycles. The van der Waals surface area contributed by atoms with Crippen LogP contribution >= 0.6 is 0 Å². The second-order valence-corrected chi connectivity index (χ2v) is 5.76. The summed E-state index contributed by atoms with van der Waals surface area (Å²) in [6.45, 7) is 4.44. The van der Waals surface area contributed by atoms with Gasteiger partial charge < -0.3 is 4.90 Å². The average molecular weight is 251 g/mol. The Balaban J connectivity index is 1.83. The third kappa shape index (κ3) is 2.87. The first-order chi connectivity index (χ1) is 9.20. The predicted molar refractivity (Wildman–Crippen MR) is 80.5 cm³/mol. The van der Waals surface area contributed by atoms with Crippen molar-refractivity contribution in [2.45, 2.75) is 26.3 Å². The van der Waals surface area contributed by atoms with Gasteiger partial charge in [-0.1, -0.05) is 48.0 Å². The van der Waals surface area contributed by atoms with Crippen molar-refractivity contribution < 1.29 is 0 Å². The molecule has 2 aromatic carbocycles. The topological polar surface area (TPSA) is 3.24 Å². The van der Waals surface area contributed by atoms with Gasteiger partial charge in [-0.15, -0.1) is 0 Å². The van der Waals surface area contributed by atoms with Gasteiger partial charge in [-0.2, -0.15) is 0 Å². The van der Waals surface area contributed by atoms with E-state index in [1.807, 2.05) is 0 Å². The van der Waals surface area contributed by atoms with E-state index in [2.05, 4.69) is 61.3 Å². The van der Waals surface area contributed by atoms with E-state index in [1.165, 1.54) is 35.2 Å². The van der Waals surface area contributed by atoms with Crippen LogP contribution in [0.15, 0.2) is 42.5 Å². The maximum atomic E-state index is 2.41. The van der Waals surface area contributed by atoms with Crippen molar-refractivity contribution in [3.05, 3.63) is 70.3 Å². The molecule has 3 rings (SSSR count). The lowest BCUT2D eigenvalue weighted by Crippen LogP contribution is -2.26. The fourth-order valence-electron chi connectivity index (χ4n) is 2.92. The number of likely N-dealkylation sites (N-methyl/N-ethyl adjacent to an activating group) is 1. The van der Waals surface area contributed by atoms with Gasteiger partial charge in [0.2, 0.25) is 0 Å². The molecule has 0 bridgehead atoms. The number of rotatable bonds is 2. The van der Waals surface area contributed by atoms with E-state index < -0.39 is 0 Å². The molecule has 2 aromatic rings. The van der Waals surface area contributed by atoms with Crippen molar-refractivity contribution in [2.24, 2.45) is 0 Å². The molecule has 0 radical (unpaired) electrons. The molecule has 1 aliphatic rings. The summed E-state index contributed by atoms with van der Waals surface area (Å²) < 4.78 is 0. The van der Waals surface area contributed by atoms with E-state index in [4.69, 9.17) is 0 Å². The summed E-state index contributed by atoms with van der Waals surface area (Å²) >= 11 is 0. The van der Waals surface area contributed by atoms with Crippen LogP contribution in [-0.2, 0) is 19.4 Å². The third-order valence-corrected chi connectivity index (χ3v) is 3.96. The Bertz CT molecular complexity index is 586. The van der Waals surface area contributed by atoms with Crippen LogP contribution in [-0.4, -0.2) is 18.5 Å². The normalized spacial score (nSPS) is 15.3. The Hall–Kier alpha value is -1.60. The Labute approximate surface area is 115 Å². The summed E-state index contributed by atoms with van der Waals surface area (Å²) in [6.07, 6.45) is 2.23. The molecule has 0 fully saturated rings. The molecule has 0 unspecified atom stereocenters. The van der Waals surface area contributed by atoms with Crippen molar-refractivity contribution in [1.82, 2.24) is 4.90 Å². The van der Waals surface area contributed by atoms with E-state index in [9.17, 15) is 0 Å². The number of hydrogen-bond donors (Lipinski definition) is 0. The average Bonchev–Trinajstić information content (AvgIpc) is 2.39. The summed E-state index contributed by atoms with van der Waals surface area (Å²) in [4.78, 5) is 2.39. The largest absolute Gasteiger partial charge is 0.302 e. The lowest BCUT2D eigenvalue weighted by molar-refractivity contribution is 0.313.